The minimum absolute atomic E-state index is 0.273. The highest BCUT2D eigenvalue weighted by atomic mass is 16.5. The van der Waals surface area contributed by atoms with E-state index in [9.17, 15) is 4.79 Å². The standard InChI is InChI=1S/C16H15N3O2/c1-11(21-15-7-5-12(10-17)6-8-15)16(20)19-14-4-2-3-13(18)9-14/h2-9,11H,18H2,1H3,(H,19,20). The zero-order valence-corrected chi connectivity index (χ0v) is 11.5. The molecule has 0 heterocycles. The van der Waals surface area contributed by atoms with Crippen molar-refractivity contribution in [1.29, 1.82) is 5.26 Å². The van der Waals surface area contributed by atoms with Gasteiger partial charge in [-0.15, -0.1) is 0 Å². The van der Waals surface area contributed by atoms with Gasteiger partial charge in [-0.25, -0.2) is 0 Å². The summed E-state index contributed by atoms with van der Waals surface area (Å²) in [5, 5.41) is 11.4. The molecule has 0 saturated carbocycles. The van der Waals surface area contributed by atoms with Crippen molar-refractivity contribution in [2.75, 3.05) is 11.1 Å². The zero-order chi connectivity index (χ0) is 15.2. The van der Waals surface area contributed by atoms with Crippen molar-refractivity contribution in [2.45, 2.75) is 13.0 Å². The normalized spacial score (nSPS) is 11.2. The Hall–Kier alpha value is -3.00. The van der Waals surface area contributed by atoms with Crippen LogP contribution in [0.4, 0.5) is 11.4 Å². The van der Waals surface area contributed by atoms with Gasteiger partial charge in [0.2, 0.25) is 0 Å². The van der Waals surface area contributed by atoms with E-state index < -0.39 is 6.10 Å². The summed E-state index contributed by atoms with van der Waals surface area (Å²) in [5.74, 6) is 0.259. The van der Waals surface area contributed by atoms with Gasteiger partial charge in [0.25, 0.3) is 5.91 Å². The van der Waals surface area contributed by atoms with E-state index in [4.69, 9.17) is 15.7 Å². The second-order valence-electron chi connectivity index (χ2n) is 4.51. The third-order valence-corrected chi connectivity index (χ3v) is 2.82. The Labute approximate surface area is 123 Å². The molecule has 0 aliphatic rings. The molecule has 5 heteroatoms. The highest BCUT2D eigenvalue weighted by molar-refractivity contribution is 5.94. The maximum atomic E-state index is 12.0. The zero-order valence-electron chi connectivity index (χ0n) is 11.5. The van der Waals surface area contributed by atoms with Crippen LogP contribution >= 0.6 is 0 Å². The lowest BCUT2D eigenvalue weighted by molar-refractivity contribution is -0.122. The van der Waals surface area contributed by atoms with E-state index in [2.05, 4.69) is 5.32 Å². The van der Waals surface area contributed by atoms with Crippen LogP contribution in [0.25, 0.3) is 0 Å². The molecule has 0 aliphatic carbocycles. The molecular weight excluding hydrogens is 266 g/mol. The Morgan fingerprint density at radius 3 is 2.62 bits per heavy atom. The topological polar surface area (TPSA) is 88.1 Å². The molecular formula is C16H15N3O2. The van der Waals surface area contributed by atoms with Crippen LogP contribution in [0.15, 0.2) is 48.5 Å². The molecule has 0 spiro atoms. The number of ether oxygens (including phenoxy) is 1. The molecule has 2 aromatic rings. The molecule has 0 fully saturated rings. The number of nitriles is 1. The van der Waals surface area contributed by atoms with Gasteiger partial charge in [-0.05, 0) is 49.4 Å². The van der Waals surface area contributed by atoms with Gasteiger partial charge in [0.15, 0.2) is 6.10 Å². The number of anilines is 2. The number of nitrogens with two attached hydrogens (primary N) is 1. The Balaban J connectivity index is 1.97. The quantitative estimate of drug-likeness (QED) is 0.843. The largest absolute Gasteiger partial charge is 0.481 e. The second-order valence-corrected chi connectivity index (χ2v) is 4.51. The predicted octanol–water partition coefficient (Wildman–Crippen LogP) is 2.55. The van der Waals surface area contributed by atoms with Crippen LogP contribution in [0.5, 0.6) is 5.75 Å². The SMILES string of the molecule is CC(Oc1ccc(C#N)cc1)C(=O)Nc1cccc(N)c1. The van der Waals surface area contributed by atoms with Crippen molar-refractivity contribution >= 4 is 17.3 Å². The van der Waals surface area contributed by atoms with E-state index in [1.807, 2.05) is 6.07 Å². The molecule has 2 rings (SSSR count). The second kappa shape index (κ2) is 6.44. The molecule has 0 radical (unpaired) electrons. The van der Waals surface area contributed by atoms with E-state index in [1.165, 1.54) is 0 Å². The van der Waals surface area contributed by atoms with Crippen molar-refractivity contribution in [1.82, 2.24) is 0 Å². The maximum Gasteiger partial charge on any atom is 0.265 e. The lowest BCUT2D eigenvalue weighted by atomic mass is 10.2. The summed E-state index contributed by atoms with van der Waals surface area (Å²) in [6.45, 7) is 1.65. The van der Waals surface area contributed by atoms with Crippen molar-refractivity contribution in [3.05, 3.63) is 54.1 Å². The molecule has 2 aromatic carbocycles. The number of carbonyl (C=O) groups is 1. The van der Waals surface area contributed by atoms with Crippen molar-refractivity contribution in [2.24, 2.45) is 0 Å². The fourth-order valence-corrected chi connectivity index (χ4v) is 1.73. The van der Waals surface area contributed by atoms with Crippen LogP contribution in [0.2, 0.25) is 0 Å². The summed E-state index contributed by atoms with van der Waals surface area (Å²) in [6.07, 6.45) is -0.667. The van der Waals surface area contributed by atoms with Crippen LogP contribution in [0.1, 0.15) is 12.5 Å². The van der Waals surface area contributed by atoms with Gasteiger partial charge in [0.1, 0.15) is 5.75 Å². The molecule has 3 N–H and O–H groups in total. The Morgan fingerprint density at radius 2 is 2.00 bits per heavy atom. The summed E-state index contributed by atoms with van der Waals surface area (Å²) in [7, 11) is 0. The molecule has 0 saturated heterocycles. The molecule has 0 aromatic heterocycles. The summed E-state index contributed by atoms with van der Waals surface area (Å²) < 4.78 is 5.53. The summed E-state index contributed by atoms with van der Waals surface area (Å²) in [4.78, 5) is 12.0. The van der Waals surface area contributed by atoms with Gasteiger partial charge in [-0.3, -0.25) is 4.79 Å². The number of nitrogens with zero attached hydrogens (tertiary/aromatic N) is 1. The monoisotopic (exact) mass is 281 g/mol. The first kappa shape index (κ1) is 14.4. The lowest BCUT2D eigenvalue weighted by Gasteiger charge is -2.15. The summed E-state index contributed by atoms with van der Waals surface area (Å²) in [6, 6.07) is 15.5. The third-order valence-electron chi connectivity index (χ3n) is 2.82. The summed E-state index contributed by atoms with van der Waals surface area (Å²) in [5.41, 5.74) is 7.39. The van der Waals surface area contributed by atoms with Crippen LogP contribution in [0, 0.1) is 11.3 Å². The van der Waals surface area contributed by atoms with Crippen LogP contribution in [-0.2, 0) is 4.79 Å². The van der Waals surface area contributed by atoms with E-state index in [0.717, 1.165) is 0 Å². The molecule has 0 bridgehead atoms. The van der Waals surface area contributed by atoms with Gasteiger partial charge in [-0.2, -0.15) is 5.26 Å². The first-order valence-electron chi connectivity index (χ1n) is 6.41. The first-order chi connectivity index (χ1) is 10.1. The fourth-order valence-electron chi connectivity index (χ4n) is 1.73. The highest BCUT2D eigenvalue weighted by Gasteiger charge is 2.14. The van der Waals surface area contributed by atoms with E-state index in [-0.39, 0.29) is 5.91 Å². The third kappa shape index (κ3) is 3.98. The lowest BCUT2D eigenvalue weighted by Crippen LogP contribution is -2.30. The highest BCUT2D eigenvalue weighted by Crippen LogP contribution is 2.15. The Morgan fingerprint density at radius 1 is 1.29 bits per heavy atom. The van der Waals surface area contributed by atoms with Crippen LogP contribution < -0.4 is 15.8 Å². The predicted molar refractivity (Wildman–Crippen MR) is 80.7 cm³/mol. The number of hydrogen-bond donors (Lipinski definition) is 2. The minimum atomic E-state index is -0.667. The smallest absolute Gasteiger partial charge is 0.265 e. The number of benzene rings is 2. The van der Waals surface area contributed by atoms with Crippen LogP contribution in [0.3, 0.4) is 0 Å². The van der Waals surface area contributed by atoms with Gasteiger partial charge in [-0.1, -0.05) is 6.07 Å². The number of carbonyl (C=O) groups excluding carboxylic acids is 1. The first-order valence-corrected chi connectivity index (χ1v) is 6.41. The maximum absolute atomic E-state index is 12.0. The average molecular weight is 281 g/mol. The Kier molecular flexibility index (Phi) is 4.42. The number of rotatable bonds is 4. The molecule has 0 aliphatic heterocycles. The number of amides is 1. The average Bonchev–Trinajstić information content (AvgIpc) is 2.48. The molecule has 1 amide bonds. The van der Waals surface area contributed by atoms with E-state index in [0.29, 0.717) is 22.7 Å². The van der Waals surface area contributed by atoms with Gasteiger partial charge in [0, 0.05) is 11.4 Å². The number of hydrogen-bond acceptors (Lipinski definition) is 4. The van der Waals surface area contributed by atoms with Gasteiger partial charge < -0.3 is 15.8 Å². The molecule has 1 atom stereocenters. The number of nitrogens with one attached hydrogen (secondary N) is 1. The van der Waals surface area contributed by atoms with Crippen molar-refractivity contribution < 1.29 is 9.53 Å². The van der Waals surface area contributed by atoms with E-state index in [1.54, 1.807) is 55.5 Å². The molecule has 5 nitrogen and oxygen atoms in total. The van der Waals surface area contributed by atoms with Crippen molar-refractivity contribution in [3.8, 4) is 11.8 Å². The van der Waals surface area contributed by atoms with Crippen LogP contribution in [-0.4, -0.2) is 12.0 Å². The fraction of sp³-hybridized carbons (Fsp3) is 0.125. The summed E-state index contributed by atoms with van der Waals surface area (Å²) >= 11 is 0. The van der Waals surface area contributed by atoms with Crippen molar-refractivity contribution in [3.63, 3.8) is 0 Å². The minimum Gasteiger partial charge on any atom is -0.481 e. The molecule has 1 unspecified atom stereocenters. The molecule has 21 heavy (non-hydrogen) atoms. The van der Waals surface area contributed by atoms with Gasteiger partial charge >= 0.3 is 0 Å². The number of nitrogen functional groups attached to an aromatic ring is 1. The van der Waals surface area contributed by atoms with E-state index >= 15 is 0 Å². The van der Waals surface area contributed by atoms with Gasteiger partial charge in [0.05, 0.1) is 11.6 Å². The Bertz CT molecular complexity index is 675. The molecule has 106 valence electrons.